The van der Waals surface area contributed by atoms with Crippen molar-refractivity contribution in [3.8, 4) is 16.8 Å². The van der Waals surface area contributed by atoms with Crippen LogP contribution in [0.5, 0.6) is 0 Å². The van der Waals surface area contributed by atoms with Crippen LogP contribution in [0.2, 0.25) is 0 Å². The zero-order valence-corrected chi connectivity index (χ0v) is 18.0. The van der Waals surface area contributed by atoms with Crippen LogP contribution in [0, 0.1) is 12.9 Å². The highest BCUT2D eigenvalue weighted by molar-refractivity contribution is 7.13. The van der Waals surface area contributed by atoms with E-state index in [1.54, 1.807) is 58.5 Å². The molecule has 31 heavy (non-hydrogen) atoms. The molecule has 0 aliphatic heterocycles. The minimum absolute atomic E-state index is 0.212. The van der Waals surface area contributed by atoms with Crippen molar-refractivity contribution >= 4 is 28.5 Å². The van der Waals surface area contributed by atoms with Gasteiger partial charge in [0.2, 0.25) is 11.7 Å². The summed E-state index contributed by atoms with van der Waals surface area (Å²) in [4.78, 5) is 29.1. The molecule has 154 valence electrons. The molecule has 0 unspecified atom stereocenters. The summed E-state index contributed by atoms with van der Waals surface area (Å²) in [5.41, 5.74) is 4.00. The van der Waals surface area contributed by atoms with Crippen LogP contribution >= 0.6 is 22.7 Å². The molecule has 0 bridgehead atoms. The lowest BCUT2D eigenvalue weighted by atomic mass is 10.1. The number of hydrogen-bond donors (Lipinski definition) is 0. The highest BCUT2D eigenvalue weighted by Gasteiger charge is 2.16. The van der Waals surface area contributed by atoms with Gasteiger partial charge < -0.3 is 4.57 Å². The van der Waals surface area contributed by atoms with E-state index < -0.39 is 5.95 Å². The first-order valence-corrected chi connectivity index (χ1v) is 10.9. The first-order chi connectivity index (χ1) is 15.1. The van der Waals surface area contributed by atoms with E-state index in [9.17, 15) is 9.18 Å². The second-order valence-corrected chi connectivity index (χ2v) is 8.33. The summed E-state index contributed by atoms with van der Waals surface area (Å²) in [6.45, 7) is 1.90. The predicted octanol–water partition coefficient (Wildman–Crippen LogP) is 5.21. The summed E-state index contributed by atoms with van der Waals surface area (Å²) in [6, 6.07) is 10.7. The number of aromatic nitrogens is 5. The van der Waals surface area contributed by atoms with Crippen LogP contribution in [0.1, 0.15) is 20.4 Å². The summed E-state index contributed by atoms with van der Waals surface area (Å²) in [5, 5.41) is 2.35. The molecule has 5 aromatic rings. The standard InChI is InChI=1S/C19H13FN4OS.C3H3NS/c1-12-9-22-19(26-12)17(25)16-10-24(11-23-16)14-5-2-4-13(8-14)15-6-3-7-21-18(15)20;1-2-5-3-4-1/h2-11H,1H3;1-3H. The number of halogens is 1. The van der Waals surface area contributed by atoms with Crippen LogP contribution in [0.15, 0.2) is 78.4 Å². The molecule has 0 amide bonds. The molecule has 0 radical (unpaired) electrons. The summed E-state index contributed by atoms with van der Waals surface area (Å²) < 4.78 is 15.7. The Morgan fingerprint density at radius 3 is 2.68 bits per heavy atom. The Bertz CT molecular complexity index is 1280. The third-order valence-corrected chi connectivity index (χ3v) is 5.63. The molecule has 0 atom stereocenters. The maximum atomic E-state index is 13.9. The number of rotatable bonds is 4. The van der Waals surface area contributed by atoms with Gasteiger partial charge in [0.25, 0.3) is 0 Å². The van der Waals surface area contributed by atoms with Crippen molar-refractivity contribution in [2.24, 2.45) is 0 Å². The lowest BCUT2D eigenvalue weighted by molar-refractivity contribution is 0.103. The smallest absolute Gasteiger partial charge is 0.241 e. The molecule has 6 nitrogen and oxygen atoms in total. The Labute approximate surface area is 185 Å². The van der Waals surface area contributed by atoms with Gasteiger partial charge in [0.1, 0.15) is 12.0 Å². The normalized spacial score (nSPS) is 10.4. The molecular weight excluding hydrogens is 433 g/mol. The van der Waals surface area contributed by atoms with Crippen LogP contribution in [0.4, 0.5) is 4.39 Å². The topological polar surface area (TPSA) is 73.6 Å². The van der Waals surface area contributed by atoms with E-state index in [0.29, 0.717) is 21.8 Å². The first kappa shape index (κ1) is 20.7. The van der Waals surface area contributed by atoms with E-state index in [1.807, 2.05) is 36.6 Å². The van der Waals surface area contributed by atoms with Gasteiger partial charge >= 0.3 is 0 Å². The number of thiazole rings is 2. The molecule has 0 fully saturated rings. The fourth-order valence-corrected chi connectivity index (χ4v) is 3.83. The van der Waals surface area contributed by atoms with Gasteiger partial charge in [-0.3, -0.25) is 9.78 Å². The largest absolute Gasteiger partial charge is 0.306 e. The molecular formula is C22H16FN5OS2. The van der Waals surface area contributed by atoms with Gasteiger partial charge in [0.15, 0.2) is 5.01 Å². The molecule has 5 rings (SSSR count). The highest BCUT2D eigenvalue weighted by atomic mass is 32.1. The van der Waals surface area contributed by atoms with Crippen LogP contribution in [-0.4, -0.2) is 30.3 Å². The van der Waals surface area contributed by atoms with Crippen LogP contribution in [0.3, 0.4) is 0 Å². The Morgan fingerprint density at radius 1 is 1.10 bits per heavy atom. The fraction of sp³-hybridized carbons (Fsp3) is 0.0455. The van der Waals surface area contributed by atoms with Crippen molar-refractivity contribution in [1.82, 2.24) is 24.5 Å². The van der Waals surface area contributed by atoms with Crippen molar-refractivity contribution in [2.45, 2.75) is 6.92 Å². The Hall–Kier alpha value is -3.56. The first-order valence-electron chi connectivity index (χ1n) is 9.16. The van der Waals surface area contributed by atoms with Crippen molar-refractivity contribution in [2.75, 3.05) is 0 Å². The van der Waals surface area contributed by atoms with E-state index >= 15 is 0 Å². The zero-order chi connectivity index (χ0) is 21.6. The second kappa shape index (κ2) is 9.50. The fourth-order valence-electron chi connectivity index (χ4n) is 2.76. The summed E-state index contributed by atoms with van der Waals surface area (Å²) in [7, 11) is 0. The van der Waals surface area contributed by atoms with Crippen molar-refractivity contribution in [1.29, 1.82) is 0 Å². The molecule has 0 saturated carbocycles. The molecule has 0 saturated heterocycles. The molecule has 0 N–H and O–H groups in total. The molecule has 0 aliphatic carbocycles. The third-order valence-electron chi connectivity index (χ3n) is 4.19. The van der Waals surface area contributed by atoms with E-state index in [1.165, 1.54) is 17.5 Å². The van der Waals surface area contributed by atoms with Crippen molar-refractivity contribution in [3.63, 3.8) is 0 Å². The minimum atomic E-state index is -0.523. The maximum Gasteiger partial charge on any atom is 0.241 e. The third kappa shape index (κ3) is 4.96. The lowest BCUT2D eigenvalue weighted by Crippen LogP contribution is -2.00. The number of benzene rings is 1. The van der Waals surface area contributed by atoms with Gasteiger partial charge in [0.05, 0.1) is 5.51 Å². The summed E-state index contributed by atoms with van der Waals surface area (Å²) >= 11 is 2.94. The summed E-state index contributed by atoms with van der Waals surface area (Å²) in [6.07, 6.45) is 8.06. The van der Waals surface area contributed by atoms with Crippen LogP contribution in [0.25, 0.3) is 16.8 Å². The number of carbonyl (C=O) groups excluding carboxylic acids is 1. The number of nitrogens with zero attached hydrogens (tertiary/aromatic N) is 5. The van der Waals surface area contributed by atoms with Crippen molar-refractivity contribution in [3.05, 3.63) is 99.9 Å². The lowest BCUT2D eigenvalue weighted by Gasteiger charge is -2.06. The van der Waals surface area contributed by atoms with E-state index in [0.717, 1.165) is 10.6 Å². The average molecular weight is 450 g/mol. The van der Waals surface area contributed by atoms with E-state index in [2.05, 4.69) is 19.9 Å². The van der Waals surface area contributed by atoms with Gasteiger partial charge in [-0.25, -0.2) is 15.0 Å². The molecule has 1 aromatic carbocycles. The quantitative estimate of drug-likeness (QED) is 0.278. The van der Waals surface area contributed by atoms with Gasteiger partial charge in [0, 0.05) is 46.3 Å². The Balaban J connectivity index is 0.000000407. The van der Waals surface area contributed by atoms with E-state index in [-0.39, 0.29) is 5.78 Å². The molecule has 4 heterocycles. The molecule has 0 aliphatic rings. The summed E-state index contributed by atoms with van der Waals surface area (Å²) in [5.74, 6) is -0.735. The number of carbonyl (C=O) groups is 1. The molecule has 4 aromatic heterocycles. The highest BCUT2D eigenvalue weighted by Crippen LogP contribution is 2.24. The second-order valence-electron chi connectivity index (χ2n) is 6.34. The van der Waals surface area contributed by atoms with E-state index in [4.69, 9.17) is 0 Å². The number of pyridine rings is 1. The Morgan fingerprint density at radius 2 is 2.00 bits per heavy atom. The van der Waals surface area contributed by atoms with Crippen LogP contribution in [-0.2, 0) is 0 Å². The van der Waals surface area contributed by atoms with Crippen LogP contribution < -0.4 is 0 Å². The molecule has 9 heteroatoms. The predicted molar refractivity (Wildman–Crippen MR) is 119 cm³/mol. The SMILES string of the molecule is Cc1cnc(C(=O)c2cn(-c3cccc(-c4cccnc4F)c3)cn2)s1.c1cscn1. The maximum absolute atomic E-state index is 13.9. The monoisotopic (exact) mass is 449 g/mol. The number of hydrogen-bond acceptors (Lipinski definition) is 7. The average Bonchev–Trinajstić information content (AvgIpc) is 3.57. The Kier molecular flexibility index (Phi) is 6.34. The minimum Gasteiger partial charge on any atom is -0.306 e. The number of aryl methyl sites for hydroxylation is 1. The zero-order valence-electron chi connectivity index (χ0n) is 16.3. The van der Waals surface area contributed by atoms with Gasteiger partial charge in [-0.15, -0.1) is 22.7 Å². The van der Waals surface area contributed by atoms with Gasteiger partial charge in [-0.2, -0.15) is 4.39 Å². The number of imidazole rings is 1. The van der Waals surface area contributed by atoms with Gasteiger partial charge in [-0.1, -0.05) is 12.1 Å². The van der Waals surface area contributed by atoms with Crippen molar-refractivity contribution < 1.29 is 9.18 Å². The number of ketones is 1. The van der Waals surface area contributed by atoms with Gasteiger partial charge in [-0.05, 0) is 36.8 Å². The molecule has 0 spiro atoms.